The summed E-state index contributed by atoms with van der Waals surface area (Å²) in [6, 6.07) is 12.9. The van der Waals surface area contributed by atoms with E-state index in [2.05, 4.69) is 4.98 Å². The van der Waals surface area contributed by atoms with Crippen molar-refractivity contribution in [3.8, 4) is 10.6 Å². The number of halogens is 1. The molecule has 1 aromatic heterocycles. The summed E-state index contributed by atoms with van der Waals surface area (Å²) in [5, 5.41) is 0.867. The molecule has 3 rings (SSSR count). The molecule has 23 heavy (non-hydrogen) atoms. The molecule has 3 nitrogen and oxygen atoms in total. The maximum Gasteiger partial charge on any atom is 0.177 e. The molecule has 0 fully saturated rings. The molecule has 3 aromatic rings. The summed E-state index contributed by atoms with van der Waals surface area (Å²) in [4.78, 5) is 28.0. The number of fused-ring (bicyclic) bond motifs is 1. The van der Waals surface area contributed by atoms with Crippen molar-refractivity contribution < 1.29 is 9.59 Å². The zero-order valence-corrected chi connectivity index (χ0v) is 14.1. The van der Waals surface area contributed by atoms with Crippen LogP contribution in [0.25, 0.3) is 20.8 Å². The van der Waals surface area contributed by atoms with E-state index in [4.69, 9.17) is 11.6 Å². The molecule has 116 valence electrons. The van der Waals surface area contributed by atoms with Crippen molar-refractivity contribution in [3.05, 3.63) is 53.6 Å². The summed E-state index contributed by atoms with van der Waals surface area (Å²) in [6.45, 7) is 1.85. The average molecular weight is 344 g/mol. The number of hydrogen-bond acceptors (Lipinski definition) is 4. The molecule has 0 aliphatic heterocycles. The number of rotatable bonds is 5. The van der Waals surface area contributed by atoms with Gasteiger partial charge in [0.1, 0.15) is 5.01 Å². The maximum absolute atomic E-state index is 11.7. The highest BCUT2D eigenvalue weighted by Gasteiger charge is 2.11. The van der Waals surface area contributed by atoms with E-state index in [1.54, 1.807) is 6.07 Å². The van der Waals surface area contributed by atoms with E-state index in [1.807, 2.05) is 43.3 Å². The van der Waals surface area contributed by atoms with Gasteiger partial charge in [0, 0.05) is 23.1 Å². The Morgan fingerprint density at radius 3 is 2.39 bits per heavy atom. The number of nitrogens with zero attached hydrogens (tertiary/aromatic N) is 1. The molecule has 0 radical (unpaired) electrons. The molecule has 0 unspecified atom stereocenters. The Morgan fingerprint density at radius 2 is 1.74 bits per heavy atom. The minimum atomic E-state index is -0.0917. The van der Waals surface area contributed by atoms with Crippen LogP contribution >= 0.6 is 22.9 Å². The first-order valence-electron chi connectivity index (χ1n) is 7.25. The molecule has 0 saturated heterocycles. The van der Waals surface area contributed by atoms with E-state index in [9.17, 15) is 9.59 Å². The van der Waals surface area contributed by atoms with E-state index in [0.29, 0.717) is 17.5 Å². The summed E-state index contributed by atoms with van der Waals surface area (Å²) in [5.74, 6) is 0.0143. The van der Waals surface area contributed by atoms with Crippen LogP contribution in [-0.2, 0) is 0 Å². The van der Waals surface area contributed by atoms with Crippen LogP contribution in [0, 0.1) is 0 Å². The number of carbonyl (C=O) groups is 2. The van der Waals surface area contributed by atoms with Gasteiger partial charge in [0.05, 0.1) is 16.1 Å². The van der Waals surface area contributed by atoms with Gasteiger partial charge in [0.15, 0.2) is 11.6 Å². The van der Waals surface area contributed by atoms with Crippen molar-refractivity contribution in [2.45, 2.75) is 13.3 Å². The van der Waals surface area contributed by atoms with Gasteiger partial charge in [-0.25, -0.2) is 4.98 Å². The number of carbonyl (C=O) groups excluding carboxylic acids is 2. The van der Waals surface area contributed by atoms with E-state index in [-0.39, 0.29) is 17.4 Å². The fourth-order valence-electron chi connectivity index (χ4n) is 2.30. The molecule has 2 aromatic carbocycles. The fraction of sp³-hybridized carbons (Fsp3) is 0.167. The lowest BCUT2D eigenvalue weighted by Crippen LogP contribution is -1.98. The molecule has 0 N–H and O–H groups in total. The van der Waals surface area contributed by atoms with Crippen LogP contribution in [0.4, 0.5) is 0 Å². The molecule has 5 heteroatoms. The predicted octanol–water partition coefficient (Wildman–Crippen LogP) is 4.98. The van der Waals surface area contributed by atoms with Crippen LogP contribution in [0.3, 0.4) is 0 Å². The second kappa shape index (κ2) is 6.60. The topological polar surface area (TPSA) is 47.0 Å². The van der Waals surface area contributed by atoms with Gasteiger partial charge in [0.25, 0.3) is 0 Å². The Kier molecular flexibility index (Phi) is 4.55. The predicted molar refractivity (Wildman–Crippen MR) is 94.7 cm³/mol. The first-order chi connectivity index (χ1) is 11.1. The zero-order chi connectivity index (χ0) is 16.4. The van der Waals surface area contributed by atoms with Crippen molar-refractivity contribution in [1.82, 2.24) is 4.98 Å². The van der Waals surface area contributed by atoms with Gasteiger partial charge < -0.3 is 0 Å². The van der Waals surface area contributed by atoms with Crippen LogP contribution < -0.4 is 0 Å². The van der Waals surface area contributed by atoms with Gasteiger partial charge in [-0.15, -0.1) is 22.9 Å². The quantitative estimate of drug-likeness (QED) is 0.485. The SMILES string of the molecule is CCC(=O)c1ccc(-c2nc3ccc(C(=O)CCl)cc3s2)cc1. The van der Waals surface area contributed by atoms with Gasteiger partial charge in [-0.2, -0.15) is 0 Å². The summed E-state index contributed by atoms with van der Waals surface area (Å²) < 4.78 is 0.949. The Bertz CT molecular complexity index is 884. The summed E-state index contributed by atoms with van der Waals surface area (Å²) in [5.41, 5.74) is 3.13. The first kappa shape index (κ1) is 15.8. The highest BCUT2D eigenvalue weighted by atomic mass is 35.5. The molecule has 0 atom stereocenters. The monoisotopic (exact) mass is 343 g/mol. The van der Waals surface area contributed by atoms with Crippen LogP contribution in [-0.4, -0.2) is 22.4 Å². The first-order valence-corrected chi connectivity index (χ1v) is 8.61. The van der Waals surface area contributed by atoms with Gasteiger partial charge in [0.2, 0.25) is 0 Å². The standard InChI is InChI=1S/C18H14ClNO2S/c1-2-15(21)11-3-5-12(6-4-11)18-20-14-8-7-13(16(22)10-19)9-17(14)23-18/h3-9H,2,10H2,1H3. The van der Waals surface area contributed by atoms with Crippen molar-refractivity contribution >= 4 is 44.7 Å². The van der Waals surface area contributed by atoms with Crippen LogP contribution in [0.15, 0.2) is 42.5 Å². The third-order valence-corrected chi connectivity index (χ3v) is 4.92. The number of thiazole rings is 1. The van der Waals surface area contributed by atoms with E-state index in [0.717, 1.165) is 20.8 Å². The Morgan fingerprint density at radius 1 is 1.04 bits per heavy atom. The van der Waals surface area contributed by atoms with Crippen molar-refractivity contribution in [2.24, 2.45) is 0 Å². The van der Waals surface area contributed by atoms with Gasteiger partial charge in [-0.05, 0) is 18.2 Å². The summed E-state index contributed by atoms with van der Waals surface area (Å²) in [7, 11) is 0. The molecule has 0 saturated carbocycles. The van der Waals surface area contributed by atoms with Gasteiger partial charge in [-0.1, -0.05) is 31.2 Å². The second-order valence-electron chi connectivity index (χ2n) is 5.11. The third-order valence-electron chi connectivity index (χ3n) is 3.61. The molecule has 0 spiro atoms. The molecule has 0 aliphatic carbocycles. The van der Waals surface area contributed by atoms with Gasteiger partial charge in [-0.3, -0.25) is 9.59 Å². The number of aromatic nitrogens is 1. The van der Waals surface area contributed by atoms with Gasteiger partial charge >= 0.3 is 0 Å². The van der Waals surface area contributed by atoms with Crippen molar-refractivity contribution in [3.63, 3.8) is 0 Å². The van der Waals surface area contributed by atoms with Crippen LogP contribution in [0.2, 0.25) is 0 Å². The molecular formula is C18H14ClNO2S. The molecule has 0 amide bonds. The number of ketones is 2. The van der Waals surface area contributed by atoms with Crippen LogP contribution in [0.1, 0.15) is 34.1 Å². The Hall–Kier alpha value is -2.04. The summed E-state index contributed by atoms with van der Waals surface area (Å²) in [6.07, 6.45) is 0.498. The lowest BCUT2D eigenvalue weighted by atomic mass is 10.1. The lowest BCUT2D eigenvalue weighted by Gasteiger charge is -1.99. The Balaban J connectivity index is 1.97. The number of alkyl halides is 1. The second-order valence-corrected chi connectivity index (χ2v) is 6.41. The van der Waals surface area contributed by atoms with E-state index in [1.165, 1.54) is 11.3 Å². The highest BCUT2D eigenvalue weighted by Crippen LogP contribution is 2.31. The number of Topliss-reactive ketones (excluding diaryl/α,β-unsaturated/α-hetero) is 2. The lowest BCUT2D eigenvalue weighted by molar-refractivity contribution is 0.0986. The van der Waals surface area contributed by atoms with Crippen molar-refractivity contribution in [1.29, 1.82) is 0 Å². The molecule has 0 bridgehead atoms. The smallest absolute Gasteiger partial charge is 0.177 e. The van der Waals surface area contributed by atoms with Crippen LogP contribution in [0.5, 0.6) is 0 Å². The average Bonchev–Trinajstić information content (AvgIpc) is 3.03. The Labute approximate surface area is 142 Å². The largest absolute Gasteiger partial charge is 0.294 e. The van der Waals surface area contributed by atoms with Crippen molar-refractivity contribution in [2.75, 3.05) is 5.88 Å². The summed E-state index contributed by atoms with van der Waals surface area (Å²) >= 11 is 7.12. The normalized spacial score (nSPS) is 10.9. The number of hydrogen-bond donors (Lipinski definition) is 0. The molecule has 0 aliphatic rings. The molecule has 1 heterocycles. The third kappa shape index (κ3) is 3.19. The van der Waals surface area contributed by atoms with E-state index < -0.39 is 0 Å². The number of benzene rings is 2. The maximum atomic E-state index is 11.7. The highest BCUT2D eigenvalue weighted by molar-refractivity contribution is 7.21. The zero-order valence-electron chi connectivity index (χ0n) is 12.5. The minimum Gasteiger partial charge on any atom is -0.294 e. The fourth-order valence-corrected chi connectivity index (χ4v) is 3.47. The minimum absolute atomic E-state index is 0.0237. The van der Waals surface area contributed by atoms with E-state index >= 15 is 0 Å². The molecular weight excluding hydrogens is 330 g/mol.